The van der Waals surface area contributed by atoms with Crippen molar-refractivity contribution < 1.29 is 9.59 Å². The van der Waals surface area contributed by atoms with Gasteiger partial charge < -0.3 is 10.2 Å². The molecule has 19 heavy (non-hydrogen) atoms. The van der Waals surface area contributed by atoms with Crippen molar-refractivity contribution in [3.05, 3.63) is 21.9 Å². The number of hydrogen-bond donors (Lipinski definition) is 1. The van der Waals surface area contributed by atoms with Crippen LogP contribution in [0.1, 0.15) is 31.2 Å². The Labute approximate surface area is 117 Å². The topological polar surface area (TPSA) is 49.4 Å². The fourth-order valence-electron chi connectivity index (χ4n) is 2.37. The number of carbonyl (C=O) groups excluding carboxylic acids is 2. The van der Waals surface area contributed by atoms with Gasteiger partial charge in [0.15, 0.2) is 0 Å². The minimum Gasteiger partial charge on any atom is -0.344 e. The maximum absolute atomic E-state index is 12.5. The Kier molecular flexibility index (Phi) is 4.24. The van der Waals surface area contributed by atoms with E-state index in [0.29, 0.717) is 6.54 Å². The van der Waals surface area contributed by atoms with Gasteiger partial charge in [0.05, 0.1) is 0 Å². The fraction of sp³-hybridized carbons (Fsp3) is 0.571. The Morgan fingerprint density at radius 2 is 2.16 bits per heavy atom. The largest absolute Gasteiger partial charge is 0.344 e. The highest BCUT2D eigenvalue weighted by Crippen LogP contribution is 2.24. The number of thiophene rings is 1. The van der Waals surface area contributed by atoms with E-state index in [1.54, 1.807) is 11.3 Å². The third-order valence-corrected chi connectivity index (χ3v) is 4.43. The van der Waals surface area contributed by atoms with Crippen LogP contribution in [0.5, 0.6) is 0 Å². The minimum atomic E-state index is -0.419. The molecule has 2 amide bonds. The summed E-state index contributed by atoms with van der Waals surface area (Å²) >= 11 is 1.76. The molecule has 1 atom stereocenters. The smallest absolute Gasteiger partial charge is 0.245 e. The Morgan fingerprint density at radius 3 is 2.79 bits per heavy atom. The number of rotatable bonds is 3. The molecule has 5 heteroatoms. The van der Waals surface area contributed by atoms with Crippen LogP contribution in [0.2, 0.25) is 0 Å². The molecule has 0 fully saturated rings. The molecule has 4 nitrogen and oxygen atoms in total. The highest BCUT2D eigenvalue weighted by molar-refractivity contribution is 7.10. The van der Waals surface area contributed by atoms with E-state index in [9.17, 15) is 9.59 Å². The van der Waals surface area contributed by atoms with Crippen LogP contribution < -0.4 is 5.32 Å². The maximum atomic E-state index is 12.5. The summed E-state index contributed by atoms with van der Waals surface area (Å²) in [5.41, 5.74) is 1.25. The van der Waals surface area contributed by atoms with Crippen molar-refractivity contribution >= 4 is 23.2 Å². The molecule has 2 rings (SSSR count). The lowest BCUT2D eigenvalue weighted by molar-refractivity contribution is -0.138. The molecule has 0 bridgehead atoms. The zero-order valence-corrected chi connectivity index (χ0v) is 12.4. The Morgan fingerprint density at radius 1 is 1.42 bits per heavy atom. The van der Waals surface area contributed by atoms with Gasteiger partial charge in [-0.1, -0.05) is 13.8 Å². The number of amides is 2. The average molecular weight is 280 g/mol. The average Bonchev–Trinajstić information content (AvgIpc) is 2.81. The predicted molar refractivity (Wildman–Crippen MR) is 75.9 cm³/mol. The van der Waals surface area contributed by atoms with Crippen LogP contribution >= 0.6 is 11.3 Å². The molecule has 0 saturated carbocycles. The summed E-state index contributed by atoms with van der Waals surface area (Å²) in [4.78, 5) is 27.0. The summed E-state index contributed by atoms with van der Waals surface area (Å²) in [6, 6.07) is 1.67. The van der Waals surface area contributed by atoms with Gasteiger partial charge in [0.2, 0.25) is 11.8 Å². The van der Waals surface area contributed by atoms with E-state index in [0.717, 1.165) is 13.0 Å². The van der Waals surface area contributed by atoms with Crippen molar-refractivity contribution in [2.45, 2.75) is 39.8 Å². The SMILES string of the molecule is CC(=O)N[C@H](C(=O)N1CCc2sccc2C1)C(C)C. The first-order valence-electron chi connectivity index (χ1n) is 6.60. The van der Waals surface area contributed by atoms with Crippen LogP contribution in [0, 0.1) is 5.92 Å². The van der Waals surface area contributed by atoms with Gasteiger partial charge in [-0.2, -0.15) is 0 Å². The lowest BCUT2D eigenvalue weighted by atomic mass is 10.0. The van der Waals surface area contributed by atoms with Crippen molar-refractivity contribution in [2.24, 2.45) is 5.92 Å². The molecule has 0 spiro atoms. The molecule has 0 radical (unpaired) electrons. The van der Waals surface area contributed by atoms with Crippen molar-refractivity contribution in [1.29, 1.82) is 0 Å². The lowest BCUT2D eigenvalue weighted by Crippen LogP contribution is -2.51. The van der Waals surface area contributed by atoms with Crippen LogP contribution in [0.15, 0.2) is 11.4 Å². The molecule has 1 aliphatic heterocycles. The van der Waals surface area contributed by atoms with E-state index in [4.69, 9.17) is 0 Å². The normalized spacial score (nSPS) is 16.1. The van der Waals surface area contributed by atoms with Gasteiger partial charge in [0, 0.05) is 24.9 Å². The molecule has 104 valence electrons. The molecule has 0 aliphatic carbocycles. The molecule has 0 unspecified atom stereocenters. The zero-order valence-electron chi connectivity index (χ0n) is 11.6. The predicted octanol–water partition coefficient (Wildman–Crippen LogP) is 1.79. The second kappa shape index (κ2) is 5.74. The van der Waals surface area contributed by atoms with E-state index < -0.39 is 6.04 Å². The Hall–Kier alpha value is -1.36. The van der Waals surface area contributed by atoms with E-state index in [2.05, 4.69) is 16.8 Å². The van der Waals surface area contributed by atoms with Crippen LogP contribution in [0.25, 0.3) is 0 Å². The molecule has 1 N–H and O–H groups in total. The molecule has 1 aromatic rings. The quantitative estimate of drug-likeness (QED) is 0.917. The third kappa shape index (κ3) is 3.15. The van der Waals surface area contributed by atoms with Crippen LogP contribution in [-0.4, -0.2) is 29.3 Å². The lowest BCUT2D eigenvalue weighted by Gasteiger charge is -2.32. The monoisotopic (exact) mass is 280 g/mol. The summed E-state index contributed by atoms with van der Waals surface area (Å²) in [5, 5.41) is 4.84. The minimum absolute atomic E-state index is 0.0297. The number of nitrogens with one attached hydrogen (secondary N) is 1. The van der Waals surface area contributed by atoms with E-state index >= 15 is 0 Å². The summed E-state index contributed by atoms with van der Waals surface area (Å²) < 4.78 is 0. The van der Waals surface area contributed by atoms with Gasteiger partial charge in [-0.25, -0.2) is 0 Å². The van der Waals surface area contributed by atoms with E-state index in [1.165, 1.54) is 17.4 Å². The van der Waals surface area contributed by atoms with Crippen molar-refractivity contribution in [3.63, 3.8) is 0 Å². The Balaban J connectivity index is 2.08. The fourth-order valence-corrected chi connectivity index (χ4v) is 3.26. The first-order valence-corrected chi connectivity index (χ1v) is 7.48. The summed E-state index contributed by atoms with van der Waals surface area (Å²) in [6.45, 7) is 6.78. The number of hydrogen-bond acceptors (Lipinski definition) is 3. The molecule has 1 aliphatic rings. The maximum Gasteiger partial charge on any atom is 0.245 e. The van der Waals surface area contributed by atoms with Gasteiger partial charge in [-0.05, 0) is 29.3 Å². The van der Waals surface area contributed by atoms with Gasteiger partial charge in [-0.15, -0.1) is 11.3 Å². The number of fused-ring (bicyclic) bond motifs is 1. The van der Waals surface area contributed by atoms with Gasteiger partial charge >= 0.3 is 0 Å². The third-order valence-electron chi connectivity index (χ3n) is 3.41. The molecule has 1 aromatic heterocycles. The molecule has 2 heterocycles. The summed E-state index contributed by atoms with van der Waals surface area (Å²) in [7, 11) is 0. The van der Waals surface area contributed by atoms with Crippen LogP contribution in [0.3, 0.4) is 0 Å². The zero-order chi connectivity index (χ0) is 14.0. The van der Waals surface area contributed by atoms with Crippen LogP contribution in [0.4, 0.5) is 0 Å². The highest BCUT2D eigenvalue weighted by Gasteiger charge is 2.30. The highest BCUT2D eigenvalue weighted by atomic mass is 32.1. The summed E-state index contributed by atoms with van der Waals surface area (Å²) in [6.07, 6.45) is 0.920. The van der Waals surface area contributed by atoms with Gasteiger partial charge in [-0.3, -0.25) is 9.59 Å². The Bertz CT molecular complexity index is 482. The van der Waals surface area contributed by atoms with Crippen molar-refractivity contribution in [3.8, 4) is 0 Å². The molecule has 0 aromatic carbocycles. The summed E-state index contributed by atoms with van der Waals surface area (Å²) in [5.74, 6) is -0.0254. The first kappa shape index (κ1) is 14.1. The molecular formula is C14H20N2O2S. The van der Waals surface area contributed by atoms with Crippen LogP contribution in [-0.2, 0) is 22.6 Å². The molecular weight excluding hydrogens is 260 g/mol. The second-order valence-electron chi connectivity index (χ2n) is 5.30. The van der Waals surface area contributed by atoms with Gasteiger partial charge in [0.25, 0.3) is 0 Å². The van der Waals surface area contributed by atoms with E-state index in [1.807, 2.05) is 18.7 Å². The standard InChI is InChI=1S/C14H20N2O2S/c1-9(2)13(15-10(3)17)14(18)16-6-4-12-11(8-16)5-7-19-12/h5,7,9,13H,4,6,8H2,1-3H3,(H,15,17)/t13-/m0/s1. The van der Waals surface area contributed by atoms with Gasteiger partial charge in [0.1, 0.15) is 6.04 Å². The number of nitrogens with zero attached hydrogens (tertiary/aromatic N) is 1. The number of carbonyl (C=O) groups is 2. The molecule has 0 saturated heterocycles. The first-order chi connectivity index (χ1) is 8.99. The van der Waals surface area contributed by atoms with Crippen molar-refractivity contribution in [2.75, 3.05) is 6.54 Å². The van der Waals surface area contributed by atoms with Crippen molar-refractivity contribution in [1.82, 2.24) is 10.2 Å². The van der Waals surface area contributed by atoms with E-state index in [-0.39, 0.29) is 17.7 Å². The second-order valence-corrected chi connectivity index (χ2v) is 6.30.